The molecule has 0 bridgehead atoms. The quantitative estimate of drug-likeness (QED) is 0.771. The van der Waals surface area contributed by atoms with Crippen molar-refractivity contribution in [2.45, 2.75) is 38.9 Å². The summed E-state index contributed by atoms with van der Waals surface area (Å²) in [5.74, 6) is 0.698. The standard InChI is InChI=1S/C16H17ClN2O/c1-10-8-9-13(20-10)16-18-14(11(2)15(17)19-16)12-6-4-3-5-7-12/h3-7,10,13H,8-9H2,1-2H3. The van der Waals surface area contributed by atoms with Gasteiger partial charge in [-0.2, -0.15) is 0 Å². The molecule has 20 heavy (non-hydrogen) atoms. The first-order valence-corrected chi connectivity index (χ1v) is 7.28. The van der Waals surface area contributed by atoms with Crippen LogP contribution >= 0.6 is 11.6 Å². The van der Waals surface area contributed by atoms with Crippen molar-refractivity contribution in [1.29, 1.82) is 0 Å². The van der Waals surface area contributed by atoms with Crippen LogP contribution in [-0.4, -0.2) is 16.1 Å². The highest BCUT2D eigenvalue weighted by Gasteiger charge is 2.27. The molecular formula is C16H17ClN2O. The Morgan fingerprint density at radius 2 is 1.90 bits per heavy atom. The van der Waals surface area contributed by atoms with Crippen LogP contribution in [0.15, 0.2) is 30.3 Å². The van der Waals surface area contributed by atoms with E-state index in [9.17, 15) is 0 Å². The van der Waals surface area contributed by atoms with Crippen LogP contribution in [0.25, 0.3) is 11.3 Å². The number of hydrogen-bond acceptors (Lipinski definition) is 3. The molecule has 2 atom stereocenters. The summed E-state index contributed by atoms with van der Waals surface area (Å²) in [7, 11) is 0. The molecule has 0 radical (unpaired) electrons. The number of benzene rings is 1. The molecule has 104 valence electrons. The summed E-state index contributed by atoms with van der Waals surface area (Å²) in [6.07, 6.45) is 2.23. The highest BCUT2D eigenvalue weighted by molar-refractivity contribution is 6.30. The molecule has 3 rings (SSSR count). The first kappa shape index (κ1) is 13.5. The highest BCUT2D eigenvalue weighted by atomic mass is 35.5. The summed E-state index contributed by atoms with van der Waals surface area (Å²) in [4.78, 5) is 9.10. The predicted molar refractivity (Wildman–Crippen MR) is 79.7 cm³/mol. The molecule has 0 N–H and O–H groups in total. The first-order valence-electron chi connectivity index (χ1n) is 6.90. The van der Waals surface area contributed by atoms with E-state index in [1.165, 1.54) is 0 Å². The Labute approximate surface area is 124 Å². The van der Waals surface area contributed by atoms with Crippen molar-refractivity contribution in [3.8, 4) is 11.3 Å². The van der Waals surface area contributed by atoms with Crippen molar-refractivity contribution in [3.05, 3.63) is 46.9 Å². The summed E-state index contributed by atoms with van der Waals surface area (Å²) in [5, 5.41) is 0.511. The second kappa shape index (κ2) is 5.51. The number of ether oxygens (including phenoxy) is 1. The largest absolute Gasteiger partial charge is 0.367 e. The van der Waals surface area contributed by atoms with Gasteiger partial charge in [0.05, 0.1) is 11.8 Å². The summed E-state index contributed by atoms with van der Waals surface area (Å²) in [5.41, 5.74) is 2.86. The summed E-state index contributed by atoms with van der Waals surface area (Å²) in [6, 6.07) is 10.1. The van der Waals surface area contributed by atoms with Crippen molar-refractivity contribution >= 4 is 11.6 Å². The Hall–Kier alpha value is -1.45. The lowest BCUT2D eigenvalue weighted by Crippen LogP contribution is -2.08. The molecule has 1 aliphatic rings. The van der Waals surface area contributed by atoms with Gasteiger partial charge < -0.3 is 4.74 Å². The van der Waals surface area contributed by atoms with Gasteiger partial charge in [0.1, 0.15) is 11.3 Å². The van der Waals surface area contributed by atoms with Gasteiger partial charge in [0.2, 0.25) is 0 Å². The molecule has 1 aromatic carbocycles. The van der Waals surface area contributed by atoms with Crippen molar-refractivity contribution < 1.29 is 4.74 Å². The lowest BCUT2D eigenvalue weighted by molar-refractivity contribution is 0.0503. The number of aromatic nitrogens is 2. The third kappa shape index (κ3) is 2.56. The van der Waals surface area contributed by atoms with Gasteiger partial charge in [-0.05, 0) is 26.7 Å². The van der Waals surface area contributed by atoms with Crippen LogP contribution in [0.5, 0.6) is 0 Å². The van der Waals surface area contributed by atoms with E-state index < -0.39 is 0 Å². The molecule has 0 aliphatic carbocycles. The van der Waals surface area contributed by atoms with Gasteiger partial charge in [-0.1, -0.05) is 41.9 Å². The minimum atomic E-state index is -0.0365. The zero-order chi connectivity index (χ0) is 14.1. The van der Waals surface area contributed by atoms with Crippen molar-refractivity contribution in [1.82, 2.24) is 9.97 Å². The summed E-state index contributed by atoms with van der Waals surface area (Å²) < 4.78 is 5.85. The SMILES string of the molecule is Cc1c(Cl)nc(C2CCC(C)O2)nc1-c1ccccc1. The molecular weight excluding hydrogens is 272 g/mol. The monoisotopic (exact) mass is 288 g/mol. The summed E-state index contributed by atoms with van der Waals surface area (Å²) >= 11 is 6.28. The van der Waals surface area contributed by atoms with Crippen LogP contribution in [-0.2, 0) is 4.74 Å². The molecule has 0 amide bonds. The molecule has 4 heteroatoms. The maximum Gasteiger partial charge on any atom is 0.159 e. The first-order chi connectivity index (χ1) is 9.65. The van der Waals surface area contributed by atoms with E-state index in [0.29, 0.717) is 11.0 Å². The van der Waals surface area contributed by atoms with Crippen molar-refractivity contribution in [3.63, 3.8) is 0 Å². The fourth-order valence-electron chi connectivity index (χ4n) is 2.52. The van der Waals surface area contributed by atoms with Crippen LogP contribution in [0, 0.1) is 6.92 Å². The molecule has 2 unspecified atom stereocenters. The van der Waals surface area contributed by atoms with Gasteiger partial charge >= 0.3 is 0 Å². The minimum absolute atomic E-state index is 0.0365. The molecule has 0 spiro atoms. The Morgan fingerprint density at radius 3 is 2.55 bits per heavy atom. The van der Waals surface area contributed by atoms with Gasteiger partial charge in [-0.15, -0.1) is 0 Å². The van der Waals surface area contributed by atoms with E-state index in [-0.39, 0.29) is 12.2 Å². The van der Waals surface area contributed by atoms with Gasteiger partial charge in [0, 0.05) is 11.1 Å². The Bertz CT molecular complexity index is 615. The van der Waals surface area contributed by atoms with Gasteiger partial charge in [-0.3, -0.25) is 0 Å². The molecule has 1 aromatic heterocycles. The zero-order valence-electron chi connectivity index (χ0n) is 11.6. The Kier molecular flexibility index (Phi) is 3.72. The van der Waals surface area contributed by atoms with Crippen LogP contribution in [0.1, 0.15) is 37.3 Å². The van der Waals surface area contributed by atoms with E-state index >= 15 is 0 Å². The van der Waals surface area contributed by atoms with Gasteiger partial charge in [0.25, 0.3) is 0 Å². The predicted octanol–water partition coefficient (Wildman–Crippen LogP) is 4.35. The van der Waals surface area contributed by atoms with E-state index in [0.717, 1.165) is 29.7 Å². The number of halogens is 1. The van der Waals surface area contributed by atoms with E-state index in [1.54, 1.807) is 0 Å². The van der Waals surface area contributed by atoms with E-state index in [1.807, 2.05) is 37.3 Å². The van der Waals surface area contributed by atoms with E-state index in [2.05, 4.69) is 11.9 Å². The van der Waals surface area contributed by atoms with Gasteiger partial charge in [-0.25, -0.2) is 9.97 Å². The van der Waals surface area contributed by atoms with Crippen LogP contribution in [0.2, 0.25) is 5.15 Å². The molecule has 0 saturated carbocycles. The second-order valence-corrected chi connectivity index (χ2v) is 5.58. The normalized spacial score (nSPS) is 22.1. The number of rotatable bonds is 2. The molecule has 1 saturated heterocycles. The average Bonchev–Trinajstić information content (AvgIpc) is 2.89. The van der Waals surface area contributed by atoms with Crippen molar-refractivity contribution in [2.24, 2.45) is 0 Å². The third-order valence-corrected chi connectivity index (χ3v) is 4.04. The topological polar surface area (TPSA) is 35.0 Å². The molecule has 2 aromatic rings. The molecule has 1 aliphatic heterocycles. The average molecular weight is 289 g/mol. The Balaban J connectivity index is 2.04. The smallest absolute Gasteiger partial charge is 0.159 e. The van der Waals surface area contributed by atoms with Crippen LogP contribution in [0.3, 0.4) is 0 Å². The van der Waals surface area contributed by atoms with E-state index in [4.69, 9.17) is 21.3 Å². The van der Waals surface area contributed by atoms with Gasteiger partial charge in [0.15, 0.2) is 5.82 Å². The molecule has 3 nitrogen and oxygen atoms in total. The van der Waals surface area contributed by atoms with Crippen molar-refractivity contribution in [2.75, 3.05) is 0 Å². The maximum atomic E-state index is 6.28. The second-order valence-electron chi connectivity index (χ2n) is 5.22. The fraction of sp³-hybridized carbons (Fsp3) is 0.375. The lowest BCUT2D eigenvalue weighted by atomic mass is 10.1. The third-order valence-electron chi connectivity index (χ3n) is 3.67. The van der Waals surface area contributed by atoms with Crippen LogP contribution in [0.4, 0.5) is 0 Å². The maximum absolute atomic E-state index is 6.28. The molecule has 2 heterocycles. The minimum Gasteiger partial charge on any atom is -0.367 e. The lowest BCUT2D eigenvalue weighted by Gasteiger charge is -2.14. The Morgan fingerprint density at radius 1 is 1.15 bits per heavy atom. The summed E-state index contributed by atoms with van der Waals surface area (Å²) in [6.45, 7) is 4.03. The van der Waals surface area contributed by atoms with Crippen LogP contribution < -0.4 is 0 Å². The number of nitrogens with zero attached hydrogens (tertiary/aromatic N) is 2. The molecule has 1 fully saturated rings. The fourth-order valence-corrected chi connectivity index (χ4v) is 2.70. The zero-order valence-corrected chi connectivity index (χ0v) is 12.4. The highest BCUT2D eigenvalue weighted by Crippen LogP contribution is 2.33. The number of hydrogen-bond donors (Lipinski definition) is 0.